The molecule has 0 saturated carbocycles. The Hall–Kier alpha value is -3.50. The van der Waals surface area contributed by atoms with E-state index in [1.807, 2.05) is 44.6 Å². The normalized spacial score (nSPS) is 15.7. The highest BCUT2D eigenvalue weighted by Crippen LogP contribution is 2.41. The van der Waals surface area contributed by atoms with Crippen LogP contribution < -0.4 is 0 Å². The molecule has 0 spiro atoms. The number of amides is 1. The summed E-state index contributed by atoms with van der Waals surface area (Å²) in [4.78, 5) is 19.8. The minimum atomic E-state index is -1.20. The SMILES string of the molecule is Cc1cn(COCC[Si](C)(C)C)c2nccc(-c3c(-c4ccc(F)cc4)nn4c3CN(C(=O)OC(C)(C)C)[C@@H](C)C4)c12. The number of halogens is 1. The number of hydrogen-bond donors (Lipinski definition) is 0. The van der Waals surface area contributed by atoms with Crippen LogP contribution in [0.2, 0.25) is 25.7 Å². The largest absolute Gasteiger partial charge is 0.444 e. The van der Waals surface area contributed by atoms with Crippen molar-refractivity contribution in [3.63, 3.8) is 0 Å². The molecule has 1 amide bonds. The Morgan fingerprint density at radius 1 is 1.14 bits per heavy atom. The lowest BCUT2D eigenvalue weighted by Gasteiger charge is -2.35. The van der Waals surface area contributed by atoms with Gasteiger partial charge in [-0.25, -0.2) is 14.2 Å². The summed E-state index contributed by atoms with van der Waals surface area (Å²) in [5, 5.41) is 6.05. The van der Waals surface area contributed by atoms with E-state index in [1.165, 1.54) is 12.1 Å². The standard InChI is InChI=1S/C32H42FN5O3Si/c1-21-17-36(20-40-15-16-42(6,7)8)30-27(21)25(13-14-34-30)28-26-19-37(31(39)41-32(3,4)5)22(2)18-38(26)35-29(28)23-9-11-24(33)12-10-23/h9-14,17,22H,15-16,18-20H2,1-8H3/t22-/m0/s1. The third-order valence-electron chi connectivity index (χ3n) is 7.54. The van der Waals surface area contributed by atoms with Crippen LogP contribution in [0, 0.1) is 12.7 Å². The van der Waals surface area contributed by atoms with Crippen molar-refractivity contribution >= 4 is 25.2 Å². The Bertz CT molecular complexity index is 1600. The van der Waals surface area contributed by atoms with E-state index in [-0.39, 0.29) is 18.0 Å². The number of aryl methyl sites for hydroxylation is 1. The van der Waals surface area contributed by atoms with Crippen molar-refractivity contribution in [2.75, 3.05) is 6.61 Å². The van der Waals surface area contributed by atoms with E-state index in [2.05, 4.69) is 37.3 Å². The Kier molecular flexibility index (Phi) is 8.06. The van der Waals surface area contributed by atoms with Crippen molar-refractivity contribution in [3.8, 4) is 22.4 Å². The fourth-order valence-corrected chi connectivity index (χ4v) is 6.15. The van der Waals surface area contributed by atoms with Crippen LogP contribution in [0.5, 0.6) is 0 Å². The molecule has 3 aromatic heterocycles. The number of rotatable bonds is 7. The van der Waals surface area contributed by atoms with E-state index in [0.717, 1.165) is 57.3 Å². The highest BCUT2D eigenvalue weighted by molar-refractivity contribution is 6.76. The maximum atomic E-state index is 13.9. The van der Waals surface area contributed by atoms with Gasteiger partial charge in [0.05, 0.1) is 24.8 Å². The van der Waals surface area contributed by atoms with E-state index < -0.39 is 13.7 Å². The molecule has 1 aromatic carbocycles. The van der Waals surface area contributed by atoms with Gasteiger partial charge in [0, 0.05) is 43.6 Å². The van der Waals surface area contributed by atoms with Crippen LogP contribution in [0.25, 0.3) is 33.4 Å². The number of carbonyl (C=O) groups excluding carboxylic acids is 1. The quantitative estimate of drug-likeness (QED) is 0.165. The van der Waals surface area contributed by atoms with Gasteiger partial charge in [-0.1, -0.05) is 19.6 Å². The molecule has 8 nitrogen and oxygen atoms in total. The minimum Gasteiger partial charge on any atom is -0.444 e. The first-order valence-corrected chi connectivity index (χ1v) is 18.3. The molecule has 0 unspecified atom stereocenters. The maximum Gasteiger partial charge on any atom is 0.410 e. The number of fused-ring (bicyclic) bond motifs is 2. The van der Waals surface area contributed by atoms with E-state index in [9.17, 15) is 9.18 Å². The highest BCUT2D eigenvalue weighted by Gasteiger charge is 2.35. The predicted octanol–water partition coefficient (Wildman–Crippen LogP) is 7.47. The zero-order chi connectivity index (χ0) is 30.4. The van der Waals surface area contributed by atoms with Gasteiger partial charge < -0.3 is 14.0 Å². The Morgan fingerprint density at radius 3 is 2.52 bits per heavy atom. The van der Waals surface area contributed by atoms with E-state index in [1.54, 1.807) is 17.0 Å². The van der Waals surface area contributed by atoms with Gasteiger partial charge in [0.1, 0.15) is 29.5 Å². The van der Waals surface area contributed by atoms with E-state index in [0.29, 0.717) is 19.8 Å². The molecular formula is C32H42FN5O3Si. The van der Waals surface area contributed by atoms with Gasteiger partial charge in [-0.2, -0.15) is 5.10 Å². The zero-order valence-electron chi connectivity index (χ0n) is 26.0. The van der Waals surface area contributed by atoms with Gasteiger partial charge in [0.25, 0.3) is 0 Å². The first-order valence-electron chi connectivity index (χ1n) is 14.6. The van der Waals surface area contributed by atoms with Gasteiger partial charge in [0.2, 0.25) is 0 Å². The van der Waals surface area contributed by atoms with Crippen molar-refractivity contribution in [2.45, 2.75) is 91.8 Å². The molecule has 1 aliphatic rings. The lowest BCUT2D eigenvalue weighted by molar-refractivity contribution is 0.00914. The number of carbonyl (C=O) groups is 1. The molecule has 224 valence electrons. The van der Waals surface area contributed by atoms with Crippen molar-refractivity contribution in [2.24, 2.45) is 0 Å². The monoisotopic (exact) mass is 591 g/mol. The molecule has 0 aliphatic carbocycles. The minimum absolute atomic E-state index is 0.116. The van der Waals surface area contributed by atoms with E-state index in [4.69, 9.17) is 19.6 Å². The van der Waals surface area contributed by atoms with Crippen LogP contribution >= 0.6 is 0 Å². The molecule has 1 atom stereocenters. The molecule has 0 bridgehead atoms. The summed E-state index contributed by atoms with van der Waals surface area (Å²) in [5.74, 6) is -0.303. The molecule has 10 heteroatoms. The van der Waals surface area contributed by atoms with Gasteiger partial charge in [-0.05, 0) is 82.1 Å². The lowest BCUT2D eigenvalue weighted by atomic mass is 9.95. The smallest absolute Gasteiger partial charge is 0.410 e. The van der Waals surface area contributed by atoms with Gasteiger partial charge in [0.15, 0.2) is 0 Å². The molecule has 0 radical (unpaired) electrons. The molecular weight excluding hydrogens is 549 g/mol. The highest BCUT2D eigenvalue weighted by atomic mass is 28.3. The summed E-state index contributed by atoms with van der Waals surface area (Å²) in [6.45, 7) is 18.7. The number of nitrogens with zero attached hydrogens (tertiary/aromatic N) is 5. The lowest BCUT2D eigenvalue weighted by Crippen LogP contribution is -2.47. The van der Waals surface area contributed by atoms with Gasteiger partial charge >= 0.3 is 6.09 Å². The average Bonchev–Trinajstić information content (AvgIpc) is 3.42. The molecule has 0 N–H and O–H groups in total. The third-order valence-corrected chi connectivity index (χ3v) is 9.24. The van der Waals surface area contributed by atoms with Crippen LogP contribution in [0.1, 0.15) is 39.0 Å². The maximum absolute atomic E-state index is 13.9. The predicted molar refractivity (Wildman–Crippen MR) is 166 cm³/mol. The average molecular weight is 592 g/mol. The fourth-order valence-electron chi connectivity index (χ4n) is 5.40. The summed E-state index contributed by atoms with van der Waals surface area (Å²) in [6, 6.07) is 9.40. The first-order chi connectivity index (χ1) is 19.7. The first kappa shape index (κ1) is 30.0. The molecule has 4 heterocycles. The summed E-state index contributed by atoms with van der Waals surface area (Å²) in [5.41, 5.74) is 5.63. The zero-order valence-corrected chi connectivity index (χ0v) is 27.0. The van der Waals surface area contributed by atoms with Crippen molar-refractivity contribution in [1.29, 1.82) is 0 Å². The second-order valence-corrected chi connectivity index (χ2v) is 19.1. The molecule has 1 aliphatic heterocycles. The Morgan fingerprint density at radius 2 is 1.86 bits per heavy atom. The van der Waals surface area contributed by atoms with Crippen molar-refractivity contribution in [3.05, 3.63) is 59.8 Å². The van der Waals surface area contributed by atoms with Crippen LogP contribution in [-0.4, -0.2) is 56.6 Å². The number of benzene rings is 1. The van der Waals surface area contributed by atoms with E-state index >= 15 is 0 Å². The summed E-state index contributed by atoms with van der Waals surface area (Å²) in [6.07, 6.45) is 3.54. The second kappa shape index (κ2) is 11.3. The van der Waals surface area contributed by atoms with Gasteiger partial charge in [-0.15, -0.1) is 0 Å². The van der Waals surface area contributed by atoms with Crippen LogP contribution in [0.15, 0.2) is 42.7 Å². The summed E-state index contributed by atoms with van der Waals surface area (Å²) >= 11 is 0. The topological polar surface area (TPSA) is 74.4 Å². The molecule has 0 saturated heterocycles. The summed E-state index contributed by atoms with van der Waals surface area (Å²) in [7, 11) is -1.20. The number of ether oxygens (including phenoxy) is 2. The molecule has 4 aromatic rings. The second-order valence-electron chi connectivity index (χ2n) is 13.5. The molecule has 0 fully saturated rings. The van der Waals surface area contributed by atoms with Crippen LogP contribution in [-0.2, 0) is 29.3 Å². The third kappa shape index (κ3) is 6.29. The molecule has 5 rings (SSSR count). The summed E-state index contributed by atoms with van der Waals surface area (Å²) < 4.78 is 29.8. The number of aromatic nitrogens is 4. The Balaban J connectivity index is 1.61. The van der Waals surface area contributed by atoms with Gasteiger partial charge in [-0.3, -0.25) is 9.58 Å². The Labute approximate surface area is 248 Å². The van der Waals surface area contributed by atoms with Crippen molar-refractivity contribution < 1.29 is 18.7 Å². The van der Waals surface area contributed by atoms with Crippen LogP contribution in [0.4, 0.5) is 9.18 Å². The number of pyridine rings is 1. The number of hydrogen-bond acceptors (Lipinski definition) is 5. The van der Waals surface area contributed by atoms with Crippen LogP contribution in [0.3, 0.4) is 0 Å². The van der Waals surface area contributed by atoms with Crippen molar-refractivity contribution in [1.82, 2.24) is 24.2 Å². The fraction of sp³-hybridized carbons (Fsp3) is 0.469. The molecule has 42 heavy (non-hydrogen) atoms.